The van der Waals surface area contributed by atoms with Gasteiger partial charge in [0.25, 0.3) is 0 Å². The molecule has 2 N–H and O–H groups in total. The molecular weight excluding hydrogens is 226 g/mol. The average Bonchev–Trinajstić information content (AvgIpc) is 2.62. The van der Waals surface area contributed by atoms with E-state index in [-0.39, 0.29) is 5.28 Å². The zero-order valence-corrected chi connectivity index (χ0v) is 9.62. The summed E-state index contributed by atoms with van der Waals surface area (Å²) in [6.07, 6.45) is 4.08. The van der Waals surface area contributed by atoms with Crippen molar-refractivity contribution in [3.05, 3.63) is 11.5 Å². The van der Waals surface area contributed by atoms with Gasteiger partial charge in [0.05, 0.1) is 11.6 Å². The van der Waals surface area contributed by atoms with E-state index in [0.29, 0.717) is 11.7 Å². The van der Waals surface area contributed by atoms with Crippen molar-refractivity contribution in [1.29, 1.82) is 0 Å². The molecule has 2 aromatic rings. The molecule has 84 valence electrons. The van der Waals surface area contributed by atoms with Crippen molar-refractivity contribution in [1.82, 2.24) is 20.2 Å². The van der Waals surface area contributed by atoms with Crippen LogP contribution in [0.25, 0.3) is 11.0 Å². The second kappa shape index (κ2) is 3.59. The normalized spacial score (nSPS) is 24.4. The van der Waals surface area contributed by atoms with Gasteiger partial charge in [-0.2, -0.15) is 15.1 Å². The lowest BCUT2D eigenvalue weighted by Crippen LogP contribution is -2.34. The summed E-state index contributed by atoms with van der Waals surface area (Å²) in [6, 6.07) is 0.499. The highest BCUT2D eigenvalue weighted by atomic mass is 35.5. The van der Waals surface area contributed by atoms with Crippen LogP contribution < -0.4 is 5.32 Å². The molecule has 0 bridgehead atoms. The Bertz CT molecular complexity index is 517. The lowest BCUT2D eigenvalue weighted by atomic mass is 9.82. The number of halogens is 1. The SMILES string of the molecule is CC1CC(Nc2nc(Cl)nc3[nH]ncc23)C1. The standard InChI is InChI=1S/C10H12ClN5/c1-5-2-6(3-5)13-8-7-4-12-16-9(7)15-10(11)14-8/h4-6H,2-3H2,1H3,(H2,12,13,14,15,16). The number of anilines is 1. The first-order valence-electron chi connectivity index (χ1n) is 5.35. The van der Waals surface area contributed by atoms with E-state index in [1.807, 2.05) is 0 Å². The van der Waals surface area contributed by atoms with Crippen LogP contribution >= 0.6 is 11.6 Å². The zero-order chi connectivity index (χ0) is 11.1. The van der Waals surface area contributed by atoms with Crippen LogP contribution in [0, 0.1) is 5.92 Å². The van der Waals surface area contributed by atoms with Gasteiger partial charge in [0, 0.05) is 6.04 Å². The number of aromatic amines is 1. The molecule has 0 aromatic carbocycles. The highest BCUT2D eigenvalue weighted by Crippen LogP contribution is 2.30. The summed E-state index contributed by atoms with van der Waals surface area (Å²) in [5.74, 6) is 1.58. The van der Waals surface area contributed by atoms with Crippen LogP contribution in [-0.4, -0.2) is 26.2 Å². The zero-order valence-electron chi connectivity index (χ0n) is 8.87. The molecule has 0 unspecified atom stereocenters. The molecule has 1 saturated carbocycles. The topological polar surface area (TPSA) is 66.5 Å². The Labute approximate surface area is 97.6 Å². The fourth-order valence-corrected chi connectivity index (χ4v) is 2.30. The molecule has 0 spiro atoms. The van der Waals surface area contributed by atoms with Crippen LogP contribution in [0.15, 0.2) is 6.20 Å². The van der Waals surface area contributed by atoms with E-state index < -0.39 is 0 Å². The molecule has 1 aliphatic carbocycles. The highest BCUT2D eigenvalue weighted by Gasteiger charge is 2.26. The Morgan fingerprint density at radius 3 is 3.00 bits per heavy atom. The molecule has 2 heterocycles. The van der Waals surface area contributed by atoms with Crippen LogP contribution in [0.4, 0.5) is 5.82 Å². The number of nitrogens with zero attached hydrogens (tertiary/aromatic N) is 3. The Morgan fingerprint density at radius 1 is 1.44 bits per heavy atom. The number of rotatable bonds is 2. The third-order valence-electron chi connectivity index (χ3n) is 3.00. The monoisotopic (exact) mass is 237 g/mol. The fraction of sp³-hybridized carbons (Fsp3) is 0.500. The van der Waals surface area contributed by atoms with Crippen molar-refractivity contribution in [3.8, 4) is 0 Å². The predicted octanol–water partition coefficient (Wildman–Crippen LogP) is 2.22. The van der Waals surface area contributed by atoms with E-state index in [9.17, 15) is 0 Å². The number of H-pyrrole nitrogens is 1. The second-order valence-corrected chi connectivity index (χ2v) is 4.73. The molecular formula is C10H12ClN5. The van der Waals surface area contributed by atoms with Crippen LogP contribution in [0.5, 0.6) is 0 Å². The average molecular weight is 238 g/mol. The van der Waals surface area contributed by atoms with Gasteiger partial charge < -0.3 is 5.32 Å². The van der Waals surface area contributed by atoms with Gasteiger partial charge in [-0.25, -0.2) is 0 Å². The van der Waals surface area contributed by atoms with Gasteiger partial charge in [0.1, 0.15) is 5.82 Å². The summed E-state index contributed by atoms with van der Waals surface area (Å²) in [4.78, 5) is 8.26. The van der Waals surface area contributed by atoms with E-state index in [1.54, 1.807) is 6.20 Å². The molecule has 2 aromatic heterocycles. The number of hydrogen-bond acceptors (Lipinski definition) is 4. The van der Waals surface area contributed by atoms with Gasteiger partial charge in [-0.05, 0) is 30.4 Å². The quantitative estimate of drug-likeness (QED) is 0.786. The van der Waals surface area contributed by atoms with E-state index in [4.69, 9.17) is 11.6 Å². The smallest absolute Gasteiger partial charge is 0.226 e. The minimum atomic E-state index is 0.242. The minimum absolute atomic E-state index is 0.242. The third-order valence-corrected chi connectivity index (χ3v) is 3.17. The van der Waals surface area contributed by atoms with Gasteiger partial charge in [-0.1, -0.05) is 6.92 Å². The maximum absolute atomic E-state index is 5.84. The van der Waals surface area contributed by atoms with Gasteiger partial charge >= 0.3 is 0 Å². The van der Waals surface area contributed by atoms with Crippen LogP contribution in [0.2, 0.25) is 5.28 Å². The first kappa shape index (κ1) is 9.84. The molecule has 6 heteroatoms. The van der Waals surface area contributed by atoms with Gasteiger partial charge in [-0.3, -0.25) is 5.10 Å². The second-order valence-electron chi connectivity index (χ2n) is 4.39. The number of hydrogen-bond donors (Lipinski definition) is 2. The molecule has 0 saturated heterocycles. The summed E-state index contributed by atoms with van der Waals surface area (Å²) >= 11 is 5.84. The van der Waals surface area contributed by atoms with Gasteiger partial charge in [-0.15, -0.1) is 0 Å². The van der Waals surface area contributed by atoms with E-state index in [0.717, 1.165) is 17.1 Å². The molecule has 0 amide bonds. The van der Waals surface area contributed by atoms with Crippen molar-refractivity contribution in [2.24, 2.45) is 5.92 Å². The maximum Gasteiger partial charge on any atom is 0.226 e. The Morgan fingerprint density at radius 2 is 2.25 bits per heavy atom. The molecule has 3 rings (SSSR count). The van der Waals surface area contributed by atoms with E-state index in [1.165, 1.54) is 12.8 Å². The molecule has 1 fully saturated rings. The Hall–Kier alpha value is -1.36. The summed E-state index contributed by atoms with van der Waals surface area (Å²) in [5.41, 5.74) is 0.676. The minimum Gasteiger partial charge on any atom is -0.367 e. The molecule has 0 atom stereocenters. The van der Waals surface area contributed by atoms with Crippen molar-refractivity contribution in [3.63, 3.8) is 0 Å². The lowest BCUT2D eigenvalue weighted by Gasteiger charge is -2.33. The van der Waals surface area contributed by atoms with E-state index in [2.05, 4.69) is 32.4 Å². The number of aromatic nitrogens is 4. The molecule has 0 radical (unpaired) electrons. The van der Waals surface area contributed by atoms with Crippen LogP contribution in [0.3, 0.4) is 0 Å². The molecule has 5 nitrogen and oxygen atoms in total. The first-order valence-corrected chi connectivity index (χ1v) is 5.73. The van der Waals surface area contributed by atoms with Crippen molar-refractivity contribution in [2.45, 2.75) is 25.8 Å². The van der Waals surface area contributed by atoms with Crippen LogP contribution in [0.1, 0.15) is 19.8 Å². The summed E-state index contributed by atoms with van der Waals surface area (Å²) in [5, 5.41) is 11.3. The van der Waals surface area contributed by atoms with Crippen molar-refractivity contribution < 1.29 is 0 Å². The largest absolute Gasteiger partial charge is 0.367 e. The van der Waals surface area contributed by atoms with E-state index >= 15 is 0 Å². The number of nitrogens with one attached hydrogen (secondary N) is 2. The van der Waals surface area contributed by atoms with Crippen molar-refractivity contribution >= 4 is 28.5 Å². The summed E-state index contributed by atoms with van der Waals surface area (Å²) in [7, 11) is 0. The van der Waals surface area contributed by atoms with Gasteiger partial charge in [0.2, 0.25) is 5.28 Å². The lowest BCUT2D eigenvalue weighted by molar-refractivity contribution is 0.309. The third kappa shape index (κ3) is 1.61. The fourth-order valence-electron chi connectivity index (χ4n) is 2.13. The maximum atomic E-state index is 5.84. The van der Waals surface area contributed by atoms with Crippen molar-refractivity contribution in [2.75, 3.05) is 5.32 Å². The summed E-state index contributed by atoms with van der Waals surface area (Å²) < 4.78 is 0. The Balaban J connectivity index is 1.92. The predicted molar refractivity (Wildman–Crippen MR) is 62.5 cm³/mol. The van der Waals surface area contributed by atoms with Gasteiger partial charge in [0.15, 0.2) is 5.65 Å². The summed E-state index contributed by atoms with van der Waals surface area (Å²) in [6.45, 7) is 2.25. The highest BCUT2D eigenvalue weighted by molar-refractivity contribution is 6.28. The number of fused-ring (bicyclic) bond motifs is 1. The molecule has 16 heavy (non-hydrogen) atoms. The van der Waals surface area contributed by atoms with Crippen LogP contribution in [-0.2, 0) is 0 Å². The first-order chi connectivity index (χ1) is 7.72. The molecule has 1 aliphatic rings. The molecule has 0 aliphatic heterocycles. The Kier molecular flexibility index (Phi) is 2.21.